The Labute approximate surface area is 153 Å². The first-order valence-electron chi connectivity index (χ1n) is 7.33. The molecule has 0 saturated carbocycles. The van der Waals surface area contributed by atoms with Gasteiger partial charge in [-0.25, -0.2) is 4.98 Å². The Morgan fingerprint density at radius 1 is 1.40 bits per heavy atom. The zero-order valence-corrected chi connectivity index (χ0v) is 14.8. The van der Waals surface area contributed by atoms with Gasteiger partial charge in [-0.3, -0.25) is 4.79 Å². The molecule has 1 N–H and O–H groups in total. The van der Waals surface area contributed by atoms with Crippen LogP contribution in [0.1, 0.15) is 16.2 Å². The van der Waals surface area contributed by atoms with E-state index in [9.17, 15) is 10.0 Å². The number of carbonyl (C=O) groups is 1. The number of rotatable bonds is 5. The average Bonchev–Trinajstić information content (AvgIpc) is 3.11. The van der Waals surface area contributed by atoms with Crippen LogP contribution in [0, 0.1) is 5.21 Å². The maximum absolute atomic E-state index is 12.2. The van der Waals surface area contributed by atoms with E-state index < -0.39 is 0 Å². The summed E-state index contributed by atoms with van der Waals surface area (Å²) in [5.41, 5.74) is 1.56. The van der Waals surface area contributed by atoms with Gasteiger partial charge < -0.3 is 15.3 Å². The molecule has 0 aliphatic rings. The van der Waals surface area contributed by atoms with Crippen LogP contribution >= 0.6 is 22.9 Å². The molecule has 1 aromatic carbocycles. The Balaban J connectivity index is 1.72. The van der Waals surface area contributed by atoms with Crippen molar-refractivity contribution in [1.82, 2.24) is 10.3 Å². The molecule has 128 valence electrons. The van der Waals surface area contributed by atoms with E-state index in [4.69, 9.17) is 16.3 Å². The Morgan fingerprint density at radius 2 is 2.24 bits per heavy atom. The molecular weight excluding hydrogens is 362 g/mol. The Kier molecular flexibility index (Phi) is 5.16. The Bertz CT molecular complexity index is 914. The fourth-order valence-electron chi connectivity index (χ4n) is 2.17. The van der Waals surface area contributed by atoms with Gasteiger partial charge in [0.25, 0.3) is 5.91 Å². The highest BCUT2D eigenvalue weighted by molar-refractivity contribution is 7.13. The number of methoxy groups -OCH3 is 1. The zero-order chi connectivity index (χ0) is 17.8. The molecule has 0 bridgehead atoms. The standard InChI is InChI=1S/C17H14ClN3O3S/c1-24-15-8-11(5-6-13(15)18)17-20-14(10-25-17)16(22)19-9-12-4-2-3-7-21(12)23/h2-8,10H,9H2,1H3,(H,19,22). The van der Waals surface area contributed by atoms with Crippen LogP contribution in [0.15, 0.2) is 48.0 Å². The molecule has 2 heterocycles. The predicted octanol–water partition coefficient (Wildman–Crippen LogP) is 3.04. The van der Waals surface area contributed by atoms with Crippen molar-refractivity contribution in [2.45, 2.75) is 6.54 Å². The largest absolute Gasteiger partial charge is 0.618 e. The number of hydrogen-bond donors (Lipinski definition) is 1. The van der Waals surface area contributed by atoms with E-state index in [1.807, 2.05) is 6.07 Å². The molecule has 0 spiro atoms. The first-order chi connectivity index (χ1) is 12.1. The molecule has 0 unspecified atom stereocenters. The van der Waals surface area contributed by atoms with Crippen molar-refractivity contribution < 1.29 is 14.3 Å². The van der Waals surface area contributed by atoms with Gasteiger partial charge in [0, 0.05) is 23.1 Å². The molecular formula is C17H14ClN3O3S. The number of benzene rings is 1. The van der Waals surface area contributed by atoms with E-state index in [0.29, 0.717) is 31.9 Å². The van der Waals surface area contributed by atoms with Gasteiger partial charge in [-0.2, -0.15) is 4.73 Å². The monoisotopic (exact) mass is 375 g/mol. The smallest absolute Gasteiger partial charge is 0.271 e. The molecule has 2 aromatic heterocycles. The number of aromatic nitrogens is 2. The van der Waals surface area contributed by atoms with Gasteiger partial charge in [-0.1, -0.05) is 17.7 Å². The minimum absolute atomic E-state index is 0.130. The van der Waals surface area contributed by atoms with Crippen LogP contribution in [-0.4, -0.2) is 18.0 Å². The van der Waals surface area contributed by atoms with Crippen LogP contribution in [0.25, 0.3) is 10.6 Å². The van der Waals surface area contributed by atoms with Crippen molar-refractivity contribution in [3.63, 3.8) is 0 Å². The summed E-state index contributed by atoms with van der Waals surface area (Å²) < 4.78 is 5.91. The highest BCUT2D eigenvalue weighted by atomic mass is 35.5. The van der Waals surface area contributed by atoms with E-state index in [-0.39, 0.29) is 12.5 Å². The molecule has 3 aromatic rings. The van der Waals surface area contributed by atoms with E-state index in [2.05, 4.69) is 10.3 Å². The van der Waals surface area contributed by atoms with Gasteiger partial charge in [-0.15, -0.1) is 11.3 Å². The summed E-state index contributed by atoms with van der Waals surface area (Å²) in [5, 5.41) is 17.1. The molecule has 0 saturated heterocycles. The third-order valence-corrected chi connectivity index (χ3v) is 4.67. The number of carbonyl (C=O) groups excluding carboxylic acids is 1. The fourth-order valence-corrected chi connectivity index (χ4v) is 3.16. The maximum atomic E-state index is 12.2. The van der Waals surface area contributed by atoms with E-state index >= 15 is 0 Å². The van der Waals surface area contributed by atoms with Crippen molar-refractivity contribution in [3.05, 3.63) is 69.6 Å². The molecule has 0 aliphatic heterocycles. The number of ether oxygens (including phenoxy) is 1. The van der Waals surface area contributed by atoms with E-state index in [0.717, 1.165) is 5.56 Å². The van der Waals surface area contributed by atoms with Crippen LogP contribution < -0.4 is 14.8 Å². The second kappa shape index (κ2) is 7.50. The summed E-state index contributed by atoms with van der Waals surface area (Å²) in [6.07, 6.45) is 1.39. The Hall–Kier alpha value is -2.64. The molecule has 0 fully saturated rings. The van der Waals surface area contributed by atoms with Crippen LogP contribution in [0.3, 0.4) is 0 Å². The third-order valence-electron chi connectivity index (χ3n) is 3.47. The summed E-state index contributed by atoms with van der Waals surface area (Å²) in [6, 6.07) is 10.3. The molecule has 0 aliphatic carbocycles. The van der Waals surface area contributed by atoms with Crippen LogP contribution in [0.5, 0.6) is 5.75 Å². The van der Waals surface area contributed by atoms with Crippen molar-refractivity contribution >= 4 is 28.8 Å². The lowest BCUT2D eigenvalue weighted by atomic mass is 10.2. The molecule has 0 atom stereocenters. The highest BCUT2D eigenvalue weighted by Crippen LogP contribution is 2.31. The first-order valence-corrected chi connectivity index (χ1v) is 8.59. The van der Waals surface area contributed by atoms with Gasteiger partial charge in [0.2, 0.25) is 5.69 Å². The minimum Gasteiger partial charge on any atom is -0.618 e. The number of halogens is 1. The Morgan fingerprint density at radius 3 is 3.00 bits per heavy atom. The number of nitrogens with zero attached hydrogens (tertiary/aromatic N) is 2. The normalized spacial score (nSPS) is 10.5. The molecule has 8 heteroatoms. The summed E-state index contributed by atoms with van der Waals surface area (Å²) >= 11 is 7.36. The van der Waals surface area contributed by atoms with Crippen molar-refractivity contribution in [2.24, 2.45) is 0 Å². The predicted molar refractivity (Wildman–Crippen MR) is 95.7 cm³/mol. The zero-order valence-electron chi connectivity index (χ0n) is 13.2. The van der Waals surface area contributed by atoms with Crippen molar-refractivity contribution in [1.29, 1.82) is 0 Å². The van der Waals surface area contributed by atoms with Crippen LogP contribution in [0.4, 0.5) is 0 Å². The summed E-state index contributed by atoms with van der Waals surface area (Å²) in [7, 11) is 1.54. The maximum Gasteiger partial charge on any atom is 0.271 e. The number of amides is 1. The lowest BCUT2D eigenvalue weighted by Crippen LogP contribution is -2.35. The third kappa shape index (κ3) is 3.89. The lowest BCUT2D eigenvalue weighted by Gasteiger charge is -2.05. The van der Waals surface area contributed by atoms with Crippen molar-refractivity contribution in [3.8, 4) is 16.3 Å². The van der Waals surface area contributed by atoms with Gasteiger partial charge in [0.05, 0.1) is 12.1 Å². The van der Waals surface area contributed by atoms with Crippen LogP contribution in [0.2, 0.25) is 5.02 Å². The highest BCUT2D eigenvalue weighted by Gasteiger charge is 2.14. The molecule has 6 nitrogen and oxygen atoms in total. The first kappa shape index (κ1) is 17.2. The van der Waals surface area contributed by atoms with Gasteiger partial charge in [-0.05, 0) is 18.2 Å². The van der Waals surface area contributed by atoms with Crippen molar-refractivity contribution in [2.75, 3.05) is 7.11 Å². The van der Waals surface area contributed by atoms with Gasteiger partial charge in [0.1, 0.15) is 23.0 Å². The van der Waals surface area contributed by atoms with E-state index in [1.54, 1.807) is 35.7 Å². The van der Waals surface area contributed by atoms with Gasteiger partial charge >= 0.3 is 0 Å². The minimum atomic E-state index is -0.340. The molecule has 0 radical (unpaired) electrons. The number of hydrogen-bond acceptors (Lipinski definition) is 5. The van der Waals surface area contributed by atoms with Crippen LogP contribution in [-0.2, 0) is 6.54 Å². The number of pyridine rings is 1. The van der Waals surface area contributed by atoms with E-state index in [1.165, 1.54) is 24.6 Å². The summed E-state index contributed by atoms with van der Waals surface area (Å²) in [4.78, 5) is 16.6. The fraction of sp³-hybridized carbons (Fsp3) is 0.118. The molecule has 25 heavy (non-hydrogen) atoms. The summed E-state index contributed by atoms with van der Waals surface area (Å²) in [6.45, 7) is 0.130. The quantitative estimate of drug-likeness (QED) is 0.549. The SMILES string of the molecule is COc1cc(-c2nc(C(=O)NCc3cccc[n+]3[O-])cs2)ccc1Cl. The topological polar surface area (TPSA) is 78.2 Å². The lowest BCUT2D eigenvalue weighted by molar-refractivity contribution is -0.614. The molecule has 1 amide bonds. The average molecular weight is 376 g/mol. The second-order valence-electron chi connectivity index (χ2n) is 5.09. The number of thiazole rings is 1. The molecule has 3 rings (SSSR count). The number of nitrogens with one attached hydrogen (secondary N) is 1. The second-order valence-corrected chi connectivity index (χ2v) is 6.35. The summed E-state index contributed by atoms with van der Waals surface area (Å²) in [5.74, 6) is 0.205. The van der Waals surface area contributed by atoms with Gasteiger partial charge in [0.15, 0.2) is 6.20 Å².